The van der Waals surface area contributed by atoms with E-state index in [9.17, 15) is 24.0 Å². The third-order valence-corrected chi connectivity index (χ3v) is 8.48. The van der Waals surface area contributed by atoms with Gasteiger partial charge in [0, 0.05) is 42.0 Å². The first kappa shape index (κ1) is 40.9. The smallest absolute Gasteiger partial charge is 0.336 e. The molecule has 0 radical (unpaired) electrons. The number of amides is 7. The van der Waals surface area contributed by atoms with Crippen LogP contribution in [0.5, 0.6) is 0 Å². The Bertz CT molecular complexity index is 1910. The minimum Gasteiger partial charge on any atom is -0.375 e. The van der Waals surface area contributed by atoms with Crippen molar-refractivity contribution < 1.29 is 28.7 Å². The molecule has 2 unspecified atom stereocenters. The number of urea groups is 2. The largest absolute Gasteiger partial charge is 0.375 e. The second-order valence-corrected chi connectivity index (χ2v) is 14.3. The Labute approximate surface area is 315 Å². The Hall–Kier alpha value is -5.89. The van der Waals surface area contributed by atoms with E-state index in [1.165, 1.54) is 5.01 Å². The quantitative estimate of drug-likeness (QED) is 0.0669. The van der Waals surface area contributed by atoms with E-state index < -0.39 is 47.4 Å². The number of hydrazine groups is 1. The Morgan fingerprint density at radius 2 is 1.59 bits per heavy atom. The van der Waals surface area contributed by atoms with Crippen LogP contribution < -0.4 is 32.4 Å². The second kappa shape index (κ2) is 19.3. The van der Waals surface area contributed by atoms with Crippen molar-refractivity contribution in [2.24, 2.45) is 5.73 Å². The number of ether oxygens (including phenoxy) is 1. The number of rotatable bonds is 16. The Morgan fingerprint density at radius 3 is 2.31 bits per heavy atom. The van der Waals surface area contributed by atoms with Gasteiger partial charge in [-0.15, -0.1) is 0 Å². The van der Waals surface area contributed by atoms with Crippen LogP contribution in [0.2, 0.25) is 0 Å². The van der Waals surface area contributed by atoms with Crippen molar-refractivity contribution in [1.82, 2.24) is 36.7 Å². The van der Waals surface area contributed by atoms with Crippen LogP contribution in [0.3, 0.4) is 0 Å². The van der Waals surface area contributed by atoms with Gasteiger partial charge < -0.3 is 36.7 Å². The number of H-pyrrole nitrogens is 1. The lowest BCUT2D eigenvalue weighted by molar-refractivity contribution is -0.132. The molecule has 1 aromatic heterocycles. The third-order valence-electron chi connectivity index (χ3n) is 8.48. The summed E-state index contributed by atoms with van der Waals surface area (Å²) in [6.45, 7) is 10.0. The van der Waals surface area contributed by atoms with E-state index in [0.29, 0.717) is 6.61 Å². The van der Waals surface area contributed by atoms with E-state index in [1.54, 1.807) is 27.0 Å². The first-order valence-electron chi connectivity index (χ1n) is 17.9. The van der Waals surface area contributed by atoms with Crippen molar-refractivity contribution in [3.63, 3.8) is 0 Å². The third kappa shape index (κ3) is 13.0. The first-order chi connectivity index (χ1) is 25.7. The van der Waals surface area contributed by atoms with Gasteiger partial charge in [0.05, 0.1) is 19.8 Å². The lowest BCUT2D eigenvalue weighted by Gasteiger charge is -2.29. The van der Waals surface area contributed by atoms with Crippen LogP contribution in [0.15, 0.2) is 79.0 Å². The predicted molar refractivity (Wildman–Crippen MR) is 207 cm³/mol. The van der Waals surface area contributed by atoms with Crippen LogP contribution in [0, 0.1) is 13.8 Å². The number of fused-ring (bicyclic) bond motifs is 1. The van der Waals surface area contributed by atoms with Gasteiger partial charge in [0.2, 0.25) is 11.8 Å². The minimum atomic E-state index is -1.22. The highest BCUT2D eigenvalue weighted by Crippen LogP contribution is 2.20. The number of aromatic nitrogens is 1. The van der Waals surface area contributed by atoms with E-state index >= 15 is 0 Å². The van der Waals surface area contributed by atoms with E-state index in [-0.39, 0.29) is 39.0 Å². The highest BCUT2D eigenvalue weighted by atomic mass is 16.5. The van der Waals surface area contributed by atoms with Crippen molar-refractivity contribution in [3.8, 4) is 0 Å². The number of carbonyl (C=O) groups is 5. The predicted octanol–water partition coefficient (Wildman–Crippen LogP) is 4.00. The van der Waals surface area contributed by atoms with Crippen LogP contribution in [0.1, 0.15) is 61.4 Å². The molecule has 0 aliphatic heterocycles. The minimum absolute atomic E-state index is 0.0273. The molecular formula is C40H52N8O6. The number of hydrogen-bond donors (Lipinski definition) is 7. The molecule has 0 saturated carbocycles. The van der Waals surface area contributed by atoms with Gasteiger partial charge in [-0.2, -0.15) is 0 Å². The molecule has 3 aromatic carbocycles. The summed E-state index contributed by atoms with van der Waals surface area (Å²) in [5.41, 5.74) is 12.8. The average Bonchev–Trinajstić information content (AvgIpc) is 3.52. The normalized spacial score (nSPS) is 12.3. The molecular weight excluding hydrogens is 688 g/mol. The van der Waals surface area contributed by atoms with E-state index in [0.717, 1.165) is 38.7 Å². The zero-order valence-corrected chi connectivity index (χ0v) is 31.6. The maximum atomic E-state index is 14.3. The number of benzene rings is 3. The molecule has 0 fully saturated rings. The molecule has 54 heavy (non-hydrogen) atoms. The fourth-order valence-corrected chi connectivity index (χ4v) is 5.70. The topological polar surface area (TPSA) is 200 Å². The molecule has 8 N–H and O–H groups in total. The monoisotopic (exact) mass is 740 g/mol. The van der Waals surface area contributed by atoms with Crippen LogP contribution in [-0.4, -0.2) is 70.6 Å². The van der Waals surface area contributed by atoms with E-state index in [1.807, 2.05) is 86.6 Å². The summed E-state index contributed by atoms with van der Waals surface area (Å²) >= 11 is 0. The molecule has 0 aliphatic carbocycles. The van der Waals surface area contributed by atoms with Gasteiger partial charge in [0.1, 0.15) is 12.1 Å². The Morgan fingerprint density at radius 1 is 0.870 bits per heavy atom. The van der Waals surface area contributed by atoms with Crippen LogP contribution >= 0.6 is 0 Å². The number of para-hydroxylation sites is 1. The SMILES string of the molecule is Cc1ccc(C)c(CN(NC(=O)C(Cc2c[nH]c3ccccc23)NC(=O)C(CCC(N)=O)NC(=O)NC(C)(C)C)C(=O)NCCOCc2ccccc2)c1. The van der Waals surface area contributed by atoms with Crippen LogP contribution in [-0.2, 0) is 38.7 Å². The van der Waals surface area contributed by atoms with Crippen molar-refractivity contribution >= 4 is 40.7 Å². The molecule has 1 heterocycles. The molecule has 4 aromatic rings. The summed E-state index contributed by atoms with van der Waals surface area (Å²) in [5, 5.41) is 13.0. The Kier molecular flexibility index (Phi) is 14.6. The summed E-state index contributed by atoms with van der Waals surface area (Å²) in [4.78, 5) is 69.6. The van der Waals surface area contributed by atoms with Gasteiger partial charge in [-0.3, -0.25) is 19.8 Å². The maximum Gasteiger partial charge on any atom is 0.336 e. The van der Waals surface area contributed by atoms with Crippen LogP contribution in [0.25, 0.3) is 10.9 Å². The fourth-order valence-electron chi connectivity index (χ4n) is 5.70. The zero-order chi connectivity index (χ0) is 39.3. The molecule has 0 bridgehead atoms. The lowest BCUT2D eigenvalue weighted by atomic mass is 10.0. The zero-order valence-electron chi connectivity index (χ0n) is 31.6. The van der Waals surface area contributed by atoms with Crippen molar-refractivity contribution in [2.75, 3.05) is 13.2 Å². The molecule has 0 aliphatic rings. The molecule has 14 heteroatoms. The van der Waals surface area contributed by atoms with Gasteiger partial charge in [-0.1, -0.05) is 72.3 Å². The van der Waals surface area contributed by atoms with Crippen molar-refractivity contribution in [2.45, 2.75) is 84.7 Å². The highest BCUT2D eigenvalue weighted by Gasteiger charge is 2.30. The number of carbonyl (C=O) groups excluding carboxylic acids is 5. The number of hydrogen-bond acceptors (Lipinski definition) is 6. The van der Waals surface area contributed by atoms with Gasteiger partial charge in [0.15, 0.2) is 0 Å². The summed E-state index contributed by atoms with van der Waals surface area (Å²) in [6.07, 6.45) is 1.50. The van der Waals surface area contributed by atoms with Gasteiger partial charge in [-0.05, 0) is 69.4 Å². The number of primary amides is 1. The lowest BCUT2D eigenvalue weighted by Crippen LogP contribution is -2.59. The molecule has 2 atom stereocenters. The number of nitrogens with zero attached hydrogens (tertiary/aromatic N) is 1. The summed E-state index contributed by atoms with van der Waals surface area (Å²) in [6, 6.07) is 19.4. The van der Waals surface area contributed by atoms with Crippen molar-refractivity contribution in [3.05, 3.63) is 107 Å². The van der Waals surface area contributed by atoms with Gasteiger partial charge in [0.25, 0.3) is 5.91 Å². The van der Waals surface area contributed by atoms with Gasteiger partial charge >= 0.3 is 12.1 Å². The molecule has 0 spiro atoms. The summed E-state index contributed by atoms with van der Waals surface area (Å²) in [5.74, 6) is -2.04. The molecule has 288 valence electrons. The van der Waals surface area contributed by atoms with Crippen LogP contribution in [0.4, 0.5) is 9.59 Å². The molecule has 7 amide bonds. The highest BCUT2D eigenvalue weighted by molar-refractivity contribution is 5.93. The molecule has 0 saturated heterocycles. The number of nitrogens with two attached hydrogens (primary N) is 1. The number of aryl methyl sites for hydroxylation is 2. The first-order valence-corrected chi connectivity index (χ1v) is 17.9. The second-order valence-electron chi connectivity index (χ2n) is 14.3. The van der Waals surface area contributed by atoms with Gasteiger partial charge in [-0.25, -0.2) is 14.6 Å². The maximum absolute atomic E-state index is 14.3. The Balaban J connectivity index is 1.57. The summed E-state index contributed by atoms with van der Waals surface area (Å²) in [7, 11) is 0. The number of aromatic amines is 1. The van der Waals surface area contributed by atoms with E-state index in [4.69, 9.17) is 10.5 Å². The fraction of sp³-hybridized carbons (Fsp3) is 0.375. The number of nitrogens with one attached hydrogen (secondary N) is 6. The van der Waals surface area contributed by atoms with Crippen molar-refractivity contribution in [1.29, 1.82) is 0 Å². The molecule has 4 rings (SSSR count). The van der Waals surface area contributed by atoms with E-state index in [2.05, 4.69) is 31.7 Å². The summed E-state index contributed by atoms with van der Waals surface area (Å²) < 4.78 is 5.74. The standard InChI is InChI=1S/C40H52N8O6/c1-26-15-16-27(2)30(21-26)24-48(39(53)42-19-20-54-25-28-11-7-6-8-12-28)47-37(51)34(22-29-23-43-32-14-10-9-13-31(29)32)44-36(50)33(17-18-35(41)49)45-38(52)46-40(3,4)5/h6-16,21,23,33-34,43H,17-20,22,24-25H2,1-5H3,(H2,41,49)(H,42,53)(H,44,50)(H,47,51)(H2,45,46,52). The molecule has 14 nitrogen and oxygen atoms in total. The average molecular weight is 741 g/mol.